The van der Waals surface area contributed by atoms with Gasteiger partial charge in [0.05, 0.1) is 0 Å². The lowest BCUT2D eigenvalue weighted by Crippen LogP contribution is -2.16. The third-order valence-corrected chi connectivity index (χ3v) is 2.31. The lowest BCUT2D eigenvalue weighted by atomic mass is 10.2. The van der Waals surface area contributed by atoms with Gasteiger partial charge in [-0.05, 0) is 36.9 Å². The monoisotopic (exact) mass is 299 g/mol. The summed E-state index contributed by atoms with van der Waals surface area (Å²) in [6.45, 7) is 0.361. The molecule has 21 heavy (non-hydrogen) atoms. The molecule has 0 amide bonds. The Hall–Kier alpha value is -2.21. The Morgan fingerprint density at radius 3 is 1.90 bits per heavy atom. The SMILES string of the molecule is CN.FC(F)(F)Oc1ccc(OCc2ccccc2)cc1. The normalized spacial score (nSPS) is 10.3. The predicted molar refractivity (Wildman–Crippen MR) is 74.0 cm³/mol. The maximum atomic E-state index is 12.0. The Labute approximate surface area is 121 Å². The molecule has 0 spiro atoms. The fourth-order valence-corrected chi connectivity index (χ4v) is 1.48. The van der Waals surface area contributed by atoms with Crippen molar-refractivity contribution in [3.8, 4) is 11.5 Å². The van der Waals surface area contributed by atoms with Crippen molar-refractivity contribution in [1.82, 2.24) is 0 Å². The summed E-state index contributed by atoms with van der Waals surface area (Å²) in [4.78, 5) is 0. The molecule has 0 aliphatic heterocycles. The molecule has 0 heterocycles. The van der Waals surface area contributed by atoms with Crippen molar-refractivity contribution in [2.45, 2.75) is 13.0 Å². The highest BCUT2D eigenvalue weighted by molar-refractivity contribution is 5.31. The molecule has 0 radical (unpaired) electrons. The van der Waals surface area contributed by atoms with E-state index in [0.29, 0.717) is 12.4 Å². The highest BCUT2D eigenvalue weighted by Gasteiger charge is 2.30. The number of hydrogen-bond acceptors (Lipinski definition) is 3. The maximum Gasteiger partial charge on any atom is 0.573 e. The van der Waals surface area contributed by atoms with E-state index in [2.05, 4.69) is 10.5 Å². The number of nitrogens with two attached hydrogens (primary N) is 1. The molecule has 0 fully saturated rings. The van der Waals surface area contributed by atoms with Gasteiger partial charge in [-0.3, -0.25) is 0 Å². The molecule has 2 aromatic rings. The Morgan fingerprint density at radius 1 is 0.857 bits per heavy atom. The molecule has 0 aliphatic carbocycles. The van der Waals surface area contributed by atoms with E-state index >= 15 is 0 Å². The molecular formula is C15H16F3NO2. The average molecular weight is 299 g/mol. The zero-order valence-electron chi connectivity index (χ0n) is 11.4. The van der Waals surface area contributed by atoms with Gasteiger partial charge >= 0.3 is 6.36 Å². The van der Waals surface area contributed by atoms with E-state index in [9.17, 15) is 13.2 Å². The fraction of sp³-hybridized carbons (Fsp3) is 0.200. The van der Waals surface area contributed by atoms with Crippen LogP contribution in [0.5, 0.6) is 11.5 Å². The largest absolute Gasteiger partial charge is 0.573 e. The second-order valence-corrected chi connectivity index (χ2v) is 3.79. The van der Waals surface area contributed by atoms with E-state index in [1.165, 1.54) is 31.3 Å². The first-order chi connectivity index (χ1) is 10.0. The van der Waals surface area contributed by atoms with Crippen LogP contribution in [0.15, 0.2) is 54.6 Å². The van der Waals surface area contributed by atoms with Crippen molar-refractivity contribution in [3.63, 3.8) is 0 Å². The van der Waals surface area contributed by atoms with Crippen molar-refractivity contribution in [1.29, 1.82) is 0 Å². The lowest BCUT2D eigenvalue weighted by Gasteiger charge is -2.10. The highest BCUT2D eigenvalue weighted by Crippen LogP contribution is 2.24. The second-order valence-electron chi connectivity index (χ2n) is 3.79. The van der Waals surface area contributed by atoms with E-state index in [0.717, 1.165) is 5.56 Å². The summed E-state index contributed by atoms with van der Waals surface area (Å²) in [5.41, 5.74) is 5.48. The van der Waals surface area contributed by atoms with Gasteiger partial charge in [0.1, 0.15) is 18.1 Å². The molecule has 6 heteroatoms. The minimum Gasteiger partial charge on any atom is -0.489 e. The zero-order valence-corrected chi connectivity index (χ0v) is 11.4. The Morgan fingerprint density at radius 2 is 1.38 bits per heavy atom. The Balaban J connectivity index is 0.00000106. The summed E-state index contributed by atoms with van der Waals surface area (Å²) in [6, 6.07) is 14.8. The number of benzene rings is 2. The number of halogens is 3. The van der Waals surface area contributed by atoms with Gasteiger partial charge in [0.25, 0.3) is 0 Å². The van der Waals surface area contributed by atoms with Gasteiger partial charge in [0.2, 0.25) is 0 Å². The standard InChI is InChI=1S/C14H11F3O2.CH5N/c15-14(16,17)19-13-8-6-12(7-9-13)18-10-11-4-2-1-3-5-11;1-2/h1-9H,10H2;2H2,1H3. The van der Waals surface area contributed by atoms with Gasteiger partial charge in [-0.15, -0.1) is 13.2 Å². The molecule has 0 atom stereocenters. The smallest absolute Gasteiger partial charge is 0.489 e. The van der Waals surface area contributed by atoms with Gasteiger partial charge in [-0.1, -0.05) is 30.3 Å². The van der Waals surface area contributed by atoms with Crippen LogP contribution in [0.2, 0.25) is 0 Å². The summed E-state index contributed by atoms with van der Waals surface area (Å²) >= 11 is 0. The number of hydrogen-bond donors (Lipinski definition) is 1. The first-order valence-electron chi connectivity index (χ1n) is 6.13. The van der Waals surface area contributed by atoms with Crippen LogP contribution >= 0.6 is 0 Å². The molecule has 2 aromatic carbocycles. The van der Waals surface area contributed by atoms with Gasteiger partial charge in [-0.25, -0.2) is 0 Å². The van der Waals surface area contributed by atoms with Crippen molar-refractivity contribution in [2.75, 3.05) is 7.05 Å². The lowest BCUT2D eigenvalue weighted by molar-refractivity contribution is -0.274. The average Bonchev–Trinajstić information content (AvgIpc) is 2.48. The molecule has 2 N–H and O–H groups in total. The van der Waals surface area contributed by atoms with Crippen LogP contribution in [-0.2, 0) is 6.61 Å². The Kier molecular flexibility index (Phi) is 6.55. The van der Waals surface area contributed by atoms with E-state index in [4.69, 9.17) is 4.74 Å². The van der Waals surface area contributed by atoms with E-state index in [1.54, 1.807) is 0 Å². The summed E-state index contributed by atoms with van der Waals surface area (Å²) < 4.78 is 45.1. The van der Waals surface area contributed by atoms with Crippen LogP contribution in [0.1, 0.15) is 5.56 Å². The summed E-state index contributed by atoms with van der Waals surface area (Å²) in [5, 5.41) is 0. The molecule has 0 unspecified atom stereocenters. The molecule has 0 aliphatic rings. The van der Waals surface area contributed by atoms with Crippen molar-refractivity contribution in [3.05, 3.63) is 60.2 Å². The van der Waals surface area contributed by atoms with E-state index < -0.39 is 6.36 Å². The van der Waals surface area contributed by atoms with Crippen molar-refractivity contribution < 1.29 is 22.6 Å². The zero-order chi connectivity index (χ0) is 15.7. The number of rotatable bonds is 4. The summed E-state index contributed by atoms with van der Waals surface area (Å²) in [6.07, 6.45) is -4.67. The molecular weight excluding hydrogens is 283 g/mol. The first kappa shape index (κ1) is 16.8. The quantitative estimate of drug-likeness (QED) is 0.935. The minimum absolute atomic E-state index is 0.264. The van der Waals surface area contributed by atoms with Crippen LogP contribution in [-0.4, -0.2) is 13.4 Å². The molecule has 2 rings (SSSR count). The van der Waals surface area contributed by atoms with Gasteiger partial charge < -0.3 is 15.2 Å². The molecule has 114 valence electrons. The van der Waals surface area contributed by atoms with Crippen LogP contribution in [0, 0.1) is 0 Å². The molecule has 0 saturated heterocycles. The molecule has 0 saturated carbocycles. The molecule has 3 nitrogen and oxygen atoms in total. The Bertz CT molecular complexity index is 513. The molecule has 0 aromatic heterocycles. The van der Waals surface area contributed by atoms with Crippen LogP contribution < -0.4 is 15.2 Å². The van der Waals surface area contributed by atoms with E-state index in [-0.39, 0.29) is 5.75 Å². The fourth-order valence-electron chi connectivity index (χ4n) is 1.48. The predicted octanol–water partition coefficient (Wildman–Crippen LogP) is 3.74. The number of ether oxygens (including phenoxy) is 2. The topological polar surface area (TPSA) is 44.5 Å². The maximum absolute atomic E-state index is 12.0. The van der Waals surface area contributed by atoms with Crippen LogP contribution in [0.3, 0.4) is 0 Å². The highest BCUT2D eigenvalue weighted by atomic mass is 19.4. The van der Waals surface area contributed by atoms with Gasteiger partial charge in [0, 0.05) is 0 Å². The summed E-state index contributed by atoms with van der Waals surface area (Å²) in [7, 11) is 1.50. The number of alkyl halides is 3. The minimum atomic E-state index is -4.67. The van der Waals surface area contributed by atoms with E-state index in [1.807, 2.05) is 30.3 Å². The summed E-state index contributed by atoms with van der Waals surface area (Å²) in [5.74, 6) is 0.220. The third kappa shape index (κ3) is 6.67. The molecule has 0 bridgehead atoms. The van der Waals surface area contributed by atoms with Gasteiger partial charge in [0.15, 0.2) is 0 Å². The van der Waals surface area contributed by atoms with Crippen LogP contribution in [0.25, 0.3) is 0 Å². The third-order valence-electron chi connectivity index (χ3n) is 2.31. The first-order valence-corrected chi connectivity index (χ1v) is 6.13. The van der Waals surface area contributed by atoms with Crippen LogP contribution in [0.4, 0.5) is 13.2 Å². The van der Waals surface area contributed by atoms with Crippen molar-refractivity contribution in [2.24, 2.45) is 5.73 Å². The van der Waals surface area contributed by atoms with Gasteiger partial charge in [-0.2, -0.15) is 0 Å². The second kappa shape index (κ2) is 8.16. The van der Waals surface area contributed by atoms with Crippen molar-refractivity contribution >= 4 is 0 Å².